The van der Waals surface area contributed by atoms with Gasteiger partial charge in [-0.15, -0.1) is 0 Å². The predicted molar refractivity (Wildman–Crippen MR) is 105 cm³/mol. The third-order valence-electron chi connectivity index (χ3n) is 5.04. The zero-order valence-electron chi connectivity index (χ0n) is 15.7. The Balaban J connectivity index is 1.43. The molecule has 1 saturated heterocycles. The highest BCUT2D eigenvalue weighted by atomic mass is 32.2. The number of hydrogen-bond donors (Lipinski definition) is 2. The Morgan fingerprint density at radius 1 is 0.931 bits per heavy atom. The van der Waals surface area contributed by atoms with E-state index in [2.05, 4.69) is 10.9 Å². The Hall–Kier alpha value is -2.91. The van der Waals surface area contributed by atoms with E-state index in [9.17, 15) is 18.0 Å². The fraction of sp³-hybridized carbons (Fsp3) is 0.300. The summed E-state index contributed by atoms with van der Waals surface area (Å²) < 4.78 is 32.2. The predicted octanol–water partition coefficient (Wildman–Crippen LogP) is 1.48. The highest BCUT2D eigenvalue weighted by Gasteiger charge is 2.27. The molecule has 2 aromatic carbocycles. The molecule has 4 rings (SSSR count). The number of nitrogens with one attached hydrogen (secondary N) is 2. The maximum atomic E-state index is 12.7. The van der Waals surface area contributed by atoms with Crippen LogP contribution in [0, 0.1) is 0 Å². The molecule has 8 nitrogen and oxygen atoms in total. The lowest BCUT2D eigenvalue weighted by atomic mass is 10.1. The molecule has 0 aliphatic carbocycles. The molecule has 0 bridgehead atoms. The third-order valence-corrected chi connectivity index (χ3v) is 6.93. The van der Waals surface area contributed by atoms with Gasteiger partial charge in [-0.3, -0.25) is 20.4 Å². The number of carbonyl (C=O) groups excluding carboxylic acids is 2. The van der Waals surface area contributed by atoms with Gasteiger partial charge in [0, 0.05) is 30.6 Å². The van der Waals surface area contributed by atoms with Crippen molar-refractivity contribution in [1.29, 1.82) is 0 Å². The van der Waals surface area contributed by atoms with Crippen molar-refractivity contribution in [3.63, 3.8) is 0 Å². The summed E-state index contributed by atoms with van der Waals surface area (Å²) in [6.45, 7) is 1.56. The van der Waals surface area contributed by atoms with Gasteiger partial charge in [0.15, 0.2) is 0 Å². The Morgan fingerprint density at radius 3 is 2.34 bits per heavy atom. The first kappa shape index (κ1) is 19.4. The van der Waals surface area contributed by atoms with Crippen LogP contribution >= 0.6 is 0 Å². The number of ether oxygens (including phenoxy) is 1. The van der Waals surface area contributed by atoms with Crippen molar-refractivity contribution in [2.75, 3.05) is 19.7 Å². The minimum absolute atomic E-state index is 0.0667. The van der Waals surface area contributed by atoms with Crippen molar-refractivity contribution in [3.8, 4) is 5.75 Å². The van der Waals surface area contributed by atoms with Crippen LogP contribution in [-0.4, -0.2) is 44.2 Å². The van der Waals surface area contributed by atoms with Gasteiger partial charge in [0.2, 0.25) is 10.0 Å². The van der Waals surface area contributed by atoms with Gasteiger partial charge in [0.1, 0.15) is 5.75 Å². The number of rotatable bonds is 4. The van der Waals surface area contributed by atoms with Crippen LogP contribution in [0.4, 0.5) is 0 Å². The summed E-state index contributed by atoms with van der Waals surface area (Å²) in [4.78, 5) is 24.8. The van der Waals surface area contributed by atoms with E-state index in [0.29, 0.717) is 25.3 Å². The van der Waals surface area contributed by atoms with Crippen molar-refractivity contribution in [3.05, 3.63) is 59.2 Å². The molecule has 2 N–H and O–H groups in total. The summed E-state index contributed by atoms with van der Waals surface area (Å²) in [6, 6.07) is 10.9. The monoisotopic (exact) mass is 415 g/mol. The van der Waals surface area contributed by atoms with E-state index >= 15 is 0 Å². The van der Waals surface area contributed by atoms with Gasteiger partial charge < -0.3 is 4.74 Å². The SMILES string of the molecule is O=C(NNC(=O)c1ccc2c(c1)CCO2)c1cccc(S(=O)(=O)N2CCCC2)c1. The Morgan fingerprint density at radius 2 is 1.62 bits per heavy atom. The summed E-state index contributed by atoms with van der Waals surface area (Å²) in [5, 5.41) is 0. The maximum absolute atomic E-state index is 12.7. The lowest BCUT2D eigenvalue weighted by Crippen LogP contribution is -2.41. The number of nitrogens with zero attached hydrogens (tertiary/aromatic N) is 1. The van der Waals surface area contributed by atoms with E-state index in [-0.39, 0.29) is 10.5 Å². The topological polar surface area (TPSA) is 105 Å². The lowest BCUT2D eigenvalue weighted by Gasteiger charge is -2.16. The van der Waals surface area contributed by atoms with E-state index in [0.717, 1.165) is 30.6 Å². The molecular weight excluding hydrogens is 394 g/mol. The first-order chi connectivity index (χ1) is 13.9. The van der Waals surface area contributed by atoms with Gasteiger partial charge in [0.05, 0.1) is 11.5 Å². The fourth-order valence-electron chi connectivity index (χ4n) is 3.46. The standard InChI is InChI=1S/C20H21N3O5S/c24-19(21-22-20(25)16-6-7-18-14(12-16)8-11-28-18)15-4-3-5-17(13-15)29(26,27)23-9-1-2-10-23/h3-7,12-13H,1-2,8-11H2,(H,21,24)(H,22,25). The van der Waals surface area contributed by atoms with Crippen LogP contribution in [0.5, 0.6) is 5.75 Å². The summed E-state index contributed by atoms with van der Waals surface area (Å²) in [7, 11) is -3.62. The van der Waals surface area contributed by atoms with E-state index in [1.54, 1.807) is 18.2 Å². The average molecular weight is 415 g/mol. The van der Waals surface area contributed by atoms with E-state index in [4.69, 9.17) is 4.74 Å². The van der Waals surface area contributed by atoms with Gasteiger partial charge >= 0.3 is 0 Å². The Bertz CT molecular complexity index is 1060. The molecule has 1 fully saturated rings. The maximum Gasteiger partial charge on any atom is 0.269 e. The quantitative estimate of drug-likeness (QED) is 0.736. The normalized spacial score (nSPS) is 16.1. The molecule has 2 aromatic rings. The summed E-state index contributed by atoms with van der Waals surface area (Å²) in [5.74, 6) is -0.295. The largest absolute Gasteiger partial charge is 0.493 e. The fourth-order valence-corrected chi connectivity index (χ4v) is 5.02. The Kier molecular flexibility index (Phi) is 5.25. The summed E-state index contributed by atoms with van der Waals surface area (Å²) >= 11 is 0. The first-order valence-corrected chi connectivity index (χ1v) is 10.9. The van der Waals surface area contributed by atoms with Gasteiger partial charge in [-0.05, 0) is 54.8 Å². The number of carbonyl (C=O) groups is 2. The molecule has 2 aliphatic heterocycles. The molecule has 0 atom stereocenters. The Labute approximate surface area is 168 Å². The molecule has 0 spiro atoms. The van der Waals surface area contributed by atoms with Crippen molar-refractivity contribution in [2.45, 2.75) is 24.2 Å². The van der Waals surface area contributed by atoms with Crippen LogP contribution in [0.15, 0.2) is 47.4 Å². The average Bonchev–Trinajstić information content (AvgIpc) is 3.43. The first-order valence-electron chi connectivity index (χ1n) is 9.42. The number of hydrogen-bond acceptors (Lipinski definition) is 5. The van der Waals surface area contributed by atoms with Crippen molar-refractivity contribution in [1.82, 2.24) is 15.2 Å². The molecule has 2 heterocycles. The minimum atomic E-state index is -3.62. The molecule has 152 valence electrons. The van der Waals surface area contributed by atoms with Crippen LogP contribution < -0.4 is 15.6 Å². The van der Waals surface area contributed by atoms with E-state index < -0.39 is 21.8 Å². The lowest BCUT2D eigenvalue weighted by molar-refractivity contribution is 0.0846. The smallest absolute Gasteiger partial charge is 0.269 e. The zero-order valence-corrected chi connectivity index (χ0v) is 16.5. The van der Waals surface area contributed by atoms with Crippen molar-refractivity contribution >= 4 is 21.8 Å². The van der Waals surface area contributed by atoms with Gasteiger partial charge in [-0.1, -0.05) is 6.07 Å². The molecule has 29 heavy (non-hydrogen) atoms. The minimum Gasteiger partial charge on any atom is -0.493 e. The van der Waals surface area contributed by atoms with Crippen LogP contribution in [0.25, 0.3) is 0 Å². The van der Waals surface area contributed by atoms with Crippen LogP contribution in [0.1, 0.15) is 39.1 Å². The highest BCUT2D eigenvalue weighted by Crippen LogP contribution is 2.25. The highest BCUT2D eigenvalue weighted by molar-refractivity contribution is 7.89. The van der Waals surface area contributed by atoms with Crippen molar-refractivity contribution < 1.29 is 22.7 Å². The van der Waals surface area contributed by atoms with Crippen molar-refractivity contribution in [2.24, 2.45) is 0 Å². The third kappa shape index (κ3) is 3.96. The molecule has 0 aromatic heterocycles. The van der Waals surface area contributed by atoms with E-state index in [1.807, 2.05) is 0 Å². The molecule has 0 radical (unpaired) electrons. The van der Waals surface area contributed by atoms with Crippen LogP contribution in [0.3, 0.4) is 0 Å². The number of fused-ring (bicyclic) bond motifs is 1. The zero-order chi connectivity index (χ0) is 20.4. The molecule has 2 amide bonds. The number of amides is 2. The van der Waals surface area contributed by atoms with Gasteiger partial charge in [-0.2, -0.15) is 4.31 Å². The number of benzene rings is 2. The summed E-state index contributed by atoms with van der Waals surface area (Å²) in [5.41, 5.74) is 6.19. The second kappa shape index (κ2) is 7.84. The molecular formula is C20H21N3O5S. The molecule has 2 aliphatic rings. The number of sulfonamides is 1. The molecule has 9 heteroatoms. The molecule has 0 saturated carbocycles. The number of hydrazine groups is 1. The second-order valence-corrected chi connectivity index (χ2v) is 8.91. The van der Waals surface area contributed by atoms with Crippen LogP contribution in [0.2, 0.25) is 0 Å². The van der Waals surface area contributed by atoms with Gasteiger partial charge in [0.25, 0.3) is 11.8 Å². The summed E-state index contributed by atoms with van der Waals surface area (Å²) in [6.07, 6.45) is 2.40. The van der Waals surface area contributed by atoms with E-state index in [1.165, 1.54) is 28.6 Å². The molecule has 0 unspecified atom stereocenters. The van der Waals surface area contributed by atoms with Gasteiger partial charge in [-0.25, -0.2) is 8.42 Å². The van der Waals surface area contributed by atoms with Crippen LogP contribution in [-0.2, 0) is 16.4 Å². The second-order valence-electron chi connectivity index (χ2n) is 6.97.